The van der Waals surface area contributed by atoms with E-state index in [4.69, 9.17) is 4.74 Å². The van der Waals surface area contributed by atoms with E-state index in [9.17, 15) is 0 Å². The van der Waals surface area contributed by atoms with Gasteiger partial charge in [-0.05, 0) is 24.1 Å². The van der Waals surface area contributed by atoms with Crippen LogP contribution in [-0.2, 0) is 19.5 Å². The highest BCUT2D eigenvalue weighted by atomic mass is 32.1. The second-order valence-electron chi connectivity index (χ2n) is 4.04. The summed E-state index contributed by atoms with van der Waals surface area (Å²) in [6, 6.07) is 8.11. The molecule has 1 aromatic carbocycles. The molecule has 0 atom stereocenters. The van der Waals surface area contributed by atoms with E-state index in [0.29, 0.717) is 0 Å². The smallest absolute Gasteiger partial charge is 0.118 e. The molecule has 0 aliphatic carbocycles. The summed E-state index contributed by atoms with van der Waals surface area (Å²) in [6.45, 7) is 3.80. The van der Waals surface area contributed by atoms with Crippen LogP contribution in [0.2, 0.25) is 0 Å². The molecule has 4 heteroatoms. The molecular weight excluding hydrogens is 244 g/mol. The fourth-order valence-corrected chi connectivity index (χ4v) is 2.42. The van der Waals surface area contributed by atoms with Gasteiger partial charge in [-0.3, -0.25) is 0 Å². The third-order valence-electron chi connectivity index (χ3n) is 2.70. The predicted octanol–water partition coefficient (Wildman–Crippen LogP) is 3.00. The van der Waals surface area contributed by atoms with Gasteiger partial charge < -0.3 is 10.1 Å². The average molecular weight is 262 g/mol. The van der Waals surface area contributed by atoms with E-state index in [2.05, 4.69) is 34.7 Å². The number of aryl methyl sites for hydroxylation is 1. The van der Waals surface area contributed by atoms with Crippen molar-refractivity contribution in [2.24, 2.45) is 0 Å². The molecule has 0 aliphatic heterocycles. The lowest BCUT2D eigenvalue weighted by Crippen LogP contribution is -2.12. The zero-order valence-electron chi connectivity index (χ0n) is 10.8. The molecule has 96 valence electrons. The number of thiazole rings is 1. The minimum absolute atomic E-state index is 0.822. The Kier molecular flexibility index (Phi) is 4.73. The second-order valence-corrected chi connectivity index (χ2v) is 4.98. The van der Waals surface area contributed by atoms with Crippen molar-refractivity contribution in [1.82, 2.24) is 10.3 Å². The van der Waals surface area contributed by atoms with E-state index in [-0.39, 0.29) is 0 Å². The van der Waals surface area contributed by atoms with Crippen molar-refractivity contribution in [2.45, 2.75) is 26.4 Å². The van der Waals surface area contributed by atoms with Crippen molar-refractivity contribution in [3.05, 3.63) is 45.9 Å². The molecule has 0 saturated carbocycles. The summed E-state index contributed by atoms with van der Waals surface area (Å²) in [5, 5.41) is 6.73. The third kappa shape index (κ3) is 3.55. The third-order valence-corrected chi connectivity index (χ3v) is 3.74. The lowest BCUT2D eigenvalue weighted by molar-refractivity contribution is 0.414. The fourth-order valence-electron chi connectivity index (χ4n) is 1.67. The van der Waals surface area contributed by atoms with Crippen LogP contribution in [0.25, 0.3) is 0 Å². The van der Waals surface area contributed by atoms with E-state index in [1.54, 1.807) is 18.4 Å². The molecule has 0 saturated heterocycles. The first-order valence-corrected chi connectivity index (χ1v) is 6.96. The topological polar surface area (TPSA) is 34.2 Å². The number of benzene rings is 1. The Hall–Kier alpha value is -1.39. The molecule has 1 heterocycles. The summed E-state index contributed by atoms with van der Waals surface area (Å²) in [7, 11) is 1.68. The highest BCUT2D eigenvalue weighted by Crippen LogP contribution is 2.12. The number of hydrogen-bond donors (Lipinski definition) is 1. The van der Waals surface area contributed by atoms with Gasteiger partial charge >= 0.3 is 0 Å². The molecular formula is C14H18N2OS. The largest absolute Gasteiger partial charge is 0.497 e. The van der Waals surface area contributed by atoms with E-state index < -0.39 is 0 Å². The first-order chi connectivity index (χ1) is 8.81. The summed E-state index contributed by atoms with van der Waals surface area (Å²) in [6.07, 6.45) is 1.02. The van der Waals surface area contributed by atoms with Crippen molar-refractivity contribution in [1.29, 1.82) is 0 Å². The van der Waals surface area contributed by atoms with Gasteiger partial charge in [-0.2, -0.15) is 0 Å². The average Bonchev–Trinajstić information content (AvgIpc) is 2.87. The van der Waals surface area contributed by atoms with Crippen molar-refractivity contribution < 1.29 is 4.74 Å². The van der Waals surface area contributed by atoms with Crippen LogP contribution < -0.4 is 10.1 Å². The molecule has 3 nitrogen and oxygen atoms in total. The number of methoxy groups -OCH3 is 1. The van der Waals surface area contributed by atoms with Crippen molar-refractivity contribution in [3.8, 4) is 5.75 Å². The first kappa shape index (κ1) is 13.1. The lowest BCUT2D eigenvalue weighted by Gasteiger charge is -2.04. The first-order valence-electron chi connectivity index (χ1n) is 6.08. The number of aromatic nitrogens is 1. The Bertz CT molecular complexity index is 479. The number of rotatable bonds is 6. The van der Waals surface area contributed by atoms with Crippen LogP contribution in [0, 0.1) is 0 Å². The molecule has 0 unspecified atom stereocenters. The highest BCUT2D eigenvalue weighted by molar-refractivity contribution is 7.09. The van der Waals surface area contributed by atoms with Gasteiger partial charge in [0.15, 0.2) is 0 Å². The van der Waals surface area contributed by atoms with Crippen LogP contribution >= 0.6 is 11.3 Å². The summed E-state index contributed by atoms with van der Waals surface area (Å²) in [4.78, 5) is 4.52. The molecule has 0 bridgehead atoms. The van der Waals surface area contributed by atoms with Crippen LogP contribution in [0.5, 0.6) is 5.75 Å². The van der Waals surface area contributed by atoms with Gasteiger partial charge in [-0.1, -0.05) is 19.1 Å². The van der Waals surface area contributed by atoms with Crippen molar-refractivity contribution in [2.75, 3.05) is 7.11 Å². The zero-order chi connectivity index (χ0) is 12.8. The van der Waals surface area contributed by atoms with Crippen LogP contribution in [-0.4, -0.2) is 12.1 Å². The van der Waals surface area contributed by atoms with Gasteiger partial charge in [-0.25, -0.2) is 4.98 Å². The summed E-state index contributed by atoms with van der Waals surface area (Å²) < 4.78 is 5.13. The Labute approximate surface area is 112 Å². The van der Waals surface area contributed by atoms with Crippen LogP contribution in [0.3, 0.4) is 0 Å². The molecule has 0 radical (unpaired) electrons. The fraction of sp³-hybridized carbons (Fsp3) is 0.357. The molecule has 0 spiro atoms. The quantitative estimate of drug-likeness (QED) is 0.869. The van der Waals surface area contributed by atoms with E-state index in [1.807, 2.05) is 12.1 Å². The van der Waals surface area contributed by atoms with Gasteiger partial charge in [0.1, 0.15) is 5.75 Å². The summed E-state index contributed by atoms with van der Waals surface area (Å²) >= 11 is 1.73. The second kappa shape index (κ2) is 6.52. The number of nitrogens with one attached hydrogen (secondary N) is 1. The molecule has 0 aliphatic rings. The highest BCUT2D eigenvalue weighted by Gasteiger charge is 2.00. The zero-order valence-corrected chi connectivity index (χ0v) is 11.6. The number of nitrogens with zero attached hydrogens (tertiary/aromatic N) is 1. The predicted molar refractivity (Wildman–Crippen MR) is 75.0 cm³/mol. The number of ether oxygens (including phenoxy) is 1. The van der Waals surface area contributed by atoms with Crippen molar-refractivity contribution in [3.63, 3.8) is 0 Å². The number of hydrogen-bond acceptors (Lipinski definition) is 4. The lowest BCUT2D eigenvalue weighted by atomic mass is 10.2. The van der Waals surface area contributed by atoms with Gasteiger partial charge in [0.05, 0.1) is 17.8 Å². The van der Waals surface area contributed by atoms with E-state index in [1.165, 1.54) is 10.6 Å². The van der Waals surface area contributed by atoms with Gasteiger partial charge in [0.25, 0.3) is 0 Å². The van der Waals surface area contributed by atoms with Crippen LogP contribution in [0.15, 0.2) is 29.6 Å². The molecule has 18 heavy (non-hydrogen) atoms. The van der Waals surface area contributed by atoms with Crippen LogP contribution in [0.1, 0.15) is 23.2 Å². The minimum atomic E-state index is 0.822. The maximum Gasteiger partial charge on any atom is 0.118 e. The Morgan fingerprint density at radius 2 is 2.00 bits per heavy atom. The maximum absolute atomic E-state index is 5.13. The Morgan fingerprint density at radius 1 is 1.22 bits per heavy atom. The normalized spacial score (nSPS) is 10.6. The molecule has 1 N–H and O–H groups in total. The molecule has 2 rings (SSSR count). The standard InChI is InChI=1S/C14H18N2OS/c1-3-14-16-12(10-18-14)9-15-8-11-4-6-13(17-2)7-5-11/h4-7,10,15H,3,8-9H2,1-2H3. The molecule has 2 aromatic rings. The summed E-state index contributed by atoms with van der Waals surface area (Å²) in [5.74, 6) is 0.894. The Balaban J connectivity index is 1.80. The van der Waals surface area contributed by atoms with Gasteiger partial charge in [0, 0.05) is 18.5 Å². The van der Waals surface area contributed by atoms with Gasteiger partial charge in [0.2, 0.25) is 0 Å². The SMILES string of the molecule is CCc1nc(CNCc2ccc(OC)cc2)cs1. The van der Waals surface area contributed by atoms with Gasteiger partial charge in [-0.15, -0.1) is 11.3 Å². The maximum atomic E-state index is 5.13. The molecule has 1 aromatic heterocycles. The molecule has 0 amide bonds. The Morgan fingerprint density at radius 3 is 2.61 bits per heavy atom. The minimum Gasteiger partial charge on any atom is -0.497 e. The monoisotopic (exact) mass is 262 g/mol. The van der Waals surface area contributed by atoms with Crippen molar-refractivity contribution >= 4 is 11.3 Å². The summed E-state index contributed by atoms with van der Waals surface area (Å²) in [5.41, 5.74) is 2.38. The molecule has 0 fully saturated rings. The van der Waals surface area contributed by atoms with Crippen LogP contribution in [0.4, 0.5) is 0 Å². The van der Waals surface area contributed by atoms with E-state index >= 15 is 0 Å². The van der Waals surface area contributed by atoms with E-state index in [0.717, 1.165) is 31.0 Å².